The minimum Gasteiger partial charge on any atom is -0.326 e. The van der Waals surface area contributed by atoms with Crippen molar-refractivity contribution < 1.29 is 8.78 Å². The lowest BCUT2D eigenvalue weighted by Crippen LogP contribution is -2.15. The van der Waals surface area contributed by atoms with E-state index in [0.717, 1.165) is 6.07 Å². The Hall–Kier alpha value is -1.74. The predicted molar refractivity (Wildman–Crippen MR) is 44.6 cm³/mol. The molecule has 0 aliphatic carbocycles. The maximum Gasteiger partial charge on any atom is 0.279 e. The lowest BCUT2D eigenvalue weighted by molar-refractivity contribution is 0.145. The van der Waals surface area contributed by atoms with E-state index in [0.29, 0.717) is 0 Å². The fourth-order valence-electron chi connectivity index (χ4n) is 1.09. The first kappa shape index (κ1) is 10.3. The number of hydrogen-bond donors (Lipinski definition) is 2. The Bertz CT molecular complexity index is 433. The number of hydrogen-bond acceptors (Lipinski definition) is 3. The fraction of sp³-hybridized carbons (Fsp3) is 0.250. The van der Waals surface area contributed by atoms with Gasteiger partial charge in [-0.05, 0) is 5.56 Å². The van der Waals surface area contributed by atoms with Gasteiger partial charge in [0, 0.05) is 12.6 Å². The summed E-state index contributed by atoms with van der Waals surface area (Å²) in [5.74, 6) is 0. The zero-order chi connectivity index (χ0) is 10.7. The Morgan fingerprint density at radius 3 is 2.71 bits per heavy atom. The zero-order valence-electron chi connectivity index (χ0n) is 7.05. The summed E-state index contributed by atoms with van der Waals surface area (Å²) in [6, 6.07) is 2.64. The molecular formula is C8H7F2N3O. The third-order valence-electron chi connectivity index (χ3n) is 1.70. The number of rotatable bonds is 2. The molecule has 0 aliphatic rings. The van der Waals surface area contributed by atoms with Crippen molar-refractivity contribution in [2.45, 2.75) is 13.0 Å². The van der Waals surface area contributed by atoms with E-state index < -0.39 is 17.7 Å². The number of aromatic nitrogens is 1. The van der Waals surface area contributed by atoms with Crippen LogP contribution in [0, 0.1) is 11.3 Å². The van der Waals surface area contributed by atoms with Crippen molar-refractivity contribution in [2.75, 3.05) is 0 Å². The molecule has 0 unspecified atom stereocenters. The second kappa shape index (κ2) is 3.98. The molecule has 0 amide bonds. The second-order valence-corrected chi connectivity index (χ2v) is 2.56. The van der Waals surface area contributed by atoms with Crippen LogP contribution >= 0.6 is 0 Å². The van der Waals surface area contributed by atoms with Crippen LogP contribution in [0.25, 0.3) is 0 Å². The van der Waals surface area contributed by atoms with E-state index in [4.69, 9.17) is 11.0 Å². The molecule has 0 saturated carbocycles. The monoisotopic (exact) mass is 199 g/mol. The molecule has 1 aromatic rings. The average molecular weight is 199 g/mol. The normalized spacial score (nSPS) is 10.2. The topological polar surface area (TPSA) is 82.7 Å². The number of nitrogens with two attached hydrogens (primary N) is 1. The molecule has 0 aliphatic heterocycles. The van der Waals surface area contributed by atoms with Crippen LogP contribution in [0.1, 0.15) is 23.2 Å². The van der Waals surface area contributed by atoms with Crippen molar-refractivity contribution in [1.29, 1.82) is 5.26 Å². The third-order valence-corrected chi connectivity index (χ3v) is 1.70. The van der Waals surface area contributed by atoms with Gasteiger partial charge in [-0.1, -0.05) is 0 Å². The molecule has 0 radical (unpaired) electrons. The summed E-state index contributed by atoms with van der Waals surface area (Å²) >= 11 is 0. The van der Waals surface area contributed by atoms with E-state index in [1.54, 1.807) is 6.07 Å². The van der Waals surface area contributed by atoms with Gasteiger partial charge in [-0.2, -0.15) is 5.26 Å². The summed E-state index contributed by atoms with van der Waals surface area (Å²) in [6.07, 6.45) is -2.89. The number of nitrogens with zero attached hydrogens (tertiary/aromatic N) is 1. The molecule has 4 nitrogen and oxygen atoms in total. The van der Waals surface area contributed by atoms with Gasteiger partial charge in [0.05, 0.1) is 5.56 Å². The Morgan fingerprint density at radius 2 is 2.29 bits per heavy atom. The summed E-state index contributed by atoms with van der Waals surface area (Å²) < 4.78 is 24.7. The van der Waals surface area contributed by atoms with Crippen molar-refractivity contribution in [2.24, 2.45) is 5.73 Å². The summed E-state index contributed by atoms with van der Waals surface area (Å²) in [6.45, 7) is -0.119. The van der Waals surface area contributed by atoms with Gasteiger partial charge < -0.3 is 10.7 Å². The van der Waals surface area contributed by atoms with E-state index >= 15 is 0 Å². The second-order valence-electron chi connectivity index (χ2n) is 2.56. The lowest BCUT2D eigenvalue weighted by Gasteiger charge is -2.05. The van der Waals surface area contributed by atoms with E-state index in [-0.39, 0.29) is 17.7 Å². The highest BCUT2D eigenvalue weighted by molar-refractivity contribution is 5.41. The fourth-order valence-corrected chi connectivity index (χ4v) is 1.09. The summed E-state index contributed by atoms with van der Waals surface area (Å²) in [7, 11) is 0. The molecule has 6 heteroatoms. The molecule has 0 spiro atoms. The third kappa shape index (κ3) is 1.78. The van der Waals surface area contributed by atoms with E-state index in [9.17, 15) is 13.6 Å². The van der Waals surface area contributed by atoms with Gasteiger partial charge in [0.25, 0.3) is 6.43 Å². The van der Waals surface area contributed by atoms with Gasteiger partial charge in [0.15, 0.2) is 0 Å². The molecule has 0 aromatic carbocycles. The van der Waals surface area contributed by atoms with Crippen LogP contribution in [0.5, 0.6) is 0 Å². The smallest absolute Gasteiger partial charge is 0.279 e. The van der Waals surface area contributed by atoms with Gasteiger partial charge >= 0.3 is 0 Å². The van der Waals surface area contributed by atoms with E-state index in [1.165, 1.54) is 0 Å². The molecule has 3 N–H and O–H groups in total. The predicted octanol–water partition coefficient (Wildman–Crippen LogP) is 0.643. The van der Waals surface area contributed by atoms with Gasteiger partial charge in [-0.15, -0.1) is 0 Å². The van der Waals surface area contributed by atoms with Crippen molar-refractivity contribution in [3.8, 4) is 6.07 Å². The number of nitrogens with one attached hydrogen (secondary N) is 1. The first-order chi connectivity index (χ1) is 6.60. The van der Waals surface area contributed by atoms with Crippen LogP contribution in [0.4, 0.5) is 8.78 Å². The summed E-state index contributed by atoms with van der Waals surface area (Å²) in [4.78, 5) is 12.8. The quantitative estimate of drug-likeness (QED) is 0.733. The van der Waals surface area contributed by atoms with Gasteiger partial charge in [0.2, 0.25) is 5.56 Å². The number of nitriles is 1. The summed E-state index contributed by atoms with van der Waals surface area (Å²) in [5, 5.41) is 8.61. The molecule has 0 bridgehead atoms. The maximum absolute atomic E-state index is 12.3. The number of pyridine rings is 1. The van der Waals surface area contributed by atoms with Crippen LogP contribution in [0.2, 0.25) is 0 Å². The first-order valence-corrected chi connectivity index (χ1v) is 3.74. The van der Waals surface area contributed by atoms with Crippen LogP contribution < -0.4 is 11.3 Å². The standard InChI is InChI=1S/C8H7F2N3O/c9-8(10)7-5(3-12)4(2-11)1-6(14)13-7/h1,8H,2,11H2,(H,13,14). The minimum absolute atomic E-state index is 0.119. The molecule has 0 saturated heterocycles. The molecule has 1 aromatic heterocycles. The largest absolute Gasteiger partial charge is 0.326 e. The summed E-state index contributed by atoms with van der Waals surface area (Å²) in [5.41, 5.74) is 3.75. The maximum atomic E-state index is 12.3. The van der Waals surface area contributed by atoms with E-state index in [2.05, 4.69) is 0 Å². The number of alkyl halides is 2. The zero-order valence-corrected chi connectivity index (χ0v) is 7.05. The van der Waals surface area contributed by atoms with Crippen molar-refractivity contribution in [1.82, 2.24) is 4.98 Å². The van der Waals surface area contributed by atoms with Gasteiger partial charge in [0.1, 0.15) is 11.8 Å². The van der Waals surface area contributed by atoms with Gasteiger partial charge in [-0.3, -0.25) is 4.79 Å². The molecular weight excluding hydrogens is 192 g/mol. The molecule has 1 rings (SSSR count). The van der Waals surface area contributed by atoms with Crippen molar-refractivity contribution >= 4 is 0 Å². The Morgan fingerprint density at radius 1 is 1.64 bits per heavy atom. The Kier molecular flexibility index (Phi) is 2.94. The highest BCUT2D eigenvalue weighted by atomic mass is 19.3. The average Bonchev–Trinajstić information content (AvgIpc) is 2.16. The number of H-pyrrole nitrogens is 1. The van der Waals surface area contributed by atoms with Crippen molar-refractivity contribution in [3.63, 3.8) is 0 Å². The van der Waals surface area contributed by atoms with Crippen LogP contribution in [-0.4, -0.2) is 4.98 Å². The van der Waals surface area contributed by atoms with E-state index in [1.807, 2.05) is 4.98 Å². The first-order valence-electron chi connectivity index (χ1n) is 3.74. The SMILES string of the molecule is N#Cc1c(CN)cc(=O)[nH]c1C(F)F. The van der Waals surface area contributed by atoms with Crippen LogP contribution in [0.15, 0.2) is 10.9 Å². The highest BCUT2D eigenvalue weighted by Crippen LogP contribution is 2.20. The molecule has 14 heavy (non-hydrogen) atoms. The highest BCUT2D eigenvalue weighted by Gasteiger charge is 2.17. The molecule has 0 atom stereocenters. The lowest BCUT2D eigenvalue weighted by atomic mass is 10.1. The van der Waals surface area contributed by atoms with Gasteiger partial charge in [-0.25, -0.2) is 8.78 Å². The van der Waals surface area contributed by atoms with Crippen LogP contribution in [0.3, 0.4) is 0 Å². The van der Waals surface area contributed by atoms with Crippen LogP contribution in [-0.2, 0) is 6.54 Å². The Labute approximate surface area is 78.0 Å². The number of halogens is 2. The minimum atomic E-state index is -2.89. The Balaban J connectivity index is 3.49. The molecule has 0 fully saturated rings. The number of aromatic amines is 1. The molecule has 74 valence electrons. The molecule has 1 heterocycles. The van der Waals surface area contributed by atoms with Crippen molar-refractivity contribution in [3.05, 3.63) is 33.2 Å².